The number of nitrogens with zero attached hydrogens (tertiary/aromatic N) is 1. The Kier molecular flexibility index (Phi) is 5.23. The number of nitro benzene ring substituents is 1. The second kappa shape index (κ2) is 7.75. The molecule has 7 nitrogen and oxygen atoms in total. The molecule has 0 amide bonds. The van der Waals surface area contributed by atoms with Crippen LogP contribution in [0.5, 0.6) is 5.75 Å². The minimum atomic E-state index is -0.631. The summed E-state index contributed by atoms with van der Waals surface area (Å²) in [6.07, 6.45) is 2.66. The molecular weight excluding hydrogens is 345 g/mol. The van der Waals surface area contributed by atoms with Crippen LogP contribution < -0.4 is 4.74 Å². The van der Waals surface area contributed by atoms with E-state index in [0.29, 0.717) is 22.4 Å². The summed E-state index contributed by atoms with van der Waals surface area (Å²) in [5, 5.41) is 10.6. The third-order valence-electron chi connectivity index (χ3n) is 3.64. The summed E-state index contributed by atoms with van der Waals surface area (Å²) in [6.45, 7) is 0.136. The number of hydrogen-bond acceptors (Lipinski definition) is 6. The molecule has 0 bridgehead atoms. The SMILES string of the molecule is O=C(/C=C/c1ccc([N+](=O)[O-])cc1)OCc1cc(F)cc2c1OCOC2. The number of halogens is 1. The third-order valence-corrected chi connectivity index (χ3v) is 3.64. The number of nitro groups is 1. The largest absolute Gasteiger partial charge is 0.467 e. The number of rotatable bonds is 5. The molecule has 0 N–H and O–H groups in total. The first-order valence-electron chi connectivity index (χ1n) is 7.64. The molecule has 0 unspecified atom stereocenters. The smallest absolute Gasteiger partial charge is 0.331 e. The van der Waals surface area contributed by atoms with Crippen molar-refractivity contribution in [3.8, 4) is 5.75 Å². The summed E-state index contributed by atoms with van der Waals surface area (Å²) in [5.41, 5.74) is 1.55. The van der Waals surface area contributed by atoms with Gasteiger partial charge in [0.25, 0.3) is 5.69 Å². The number of hydrogen-bond donors (Lipinski definition) is 0. The van der Waals surface area contributed by atoms with Crippen LogP contribution in [0.2, 0.25) is 0 Å². The minimum Gasteiger partial charge on any atom is -0.467 e. The van der Waals surface area contributed by atoms with Crippen molar-refractivity contribution in [3.05, 3.63) is 75.1 Å². The van der Waals surface area contributed by atoms with Crippen LogP contribution in [0.1, 0.15) is 16.7 Å². The van der Waals surface area contributed by atoms with Gasteiger partial charge in [-0.05, 0) is 35.9 Å². The molecule has 1 aliphatic rings. The minimum absolute atomic E-state index is 0.0374. The number of benzene rings is 2. The van der Waals surface area contributed by atoms with Gasteiger partial charge in [-0.2, -0.15) is 0 Å². The molecule has 26 heavy (non-hydrogen) atoms. The van der Waals surface area contributed by atoms with Gasteiger partial charge in [-0.15, -0.1) is 0 Å². The summed E-state index contributed by atoms with van der Waals surface area (Å²) >= 11 is 0. The Bertz CT molecular complexity index is 863. The van der Waals surface area contributed by atoms with Crippen LogP contribution in [0.4, 0.5) is 10.1 Å². The highest BCUT2D eigenvalue weighted by Crippen LogP contribution is 2.30. The first-order chi connectivity index (χ1) is 12.5. The molecule has 3 rings (SSSR count). The highest BCUT2D eigenvalue weighted by molar-refractivity contribution is 5.87. The monoisotopic (exact) mass is 359 g/mol. The number of esters is 1. The van der Waals surface area contributed by atoms with E-state index in [0.717, 1.165) is 0 Å². The maximum Gasteiger partial charge on any atom is 0.331 e. The molecule has 0 radical (unpaired) electrons. The van der Waals surface area contributed by atoms with Crippen LogP contribution in [-0.4, -0.2) is 17.7 Å². The number of carbonyl (C=O) groups excluding carboxylic acids is 1. The van der Waals surface area contributed by atoms with Crippen LogP contribution in [0.3, 0.4) is 0 Å². The Morgan fingerprint density at radius 2 is 2.08 bits per heavy atom. The number of carbonyl (C=O) groups is 1. The van der Waals surface area contributed by atoms with Crippen molar-refractivity contribution in [3.63, 3.8) is 0 Å². The average molecular weight is 359 g/mol. The molecule has 0 fully saturated rings. The van der Waals surface area contributed by atoms with Gasteiger partial charge in [0.2, 0.25) is 0 Å². The second-order valence-electron chi connectivity index (χ2n) is 5.45. The van der Waals surface area contributed by atoms with Gasteiger partial charge in [-0.25, -0.2) is 9.18 Å². The molecule has 0 aliphatic carbocycles. The Labute approximate surface area is 147 Å². The van der Waals surface area contributed by atoms with Crippen LogP contribution >= 0.6 is 0 Å². The van der Waals surface area contributed by atoms with E-state index in [2.05, 4.69) is 0 Å². The zero-order valence-electron chi connectivity index (χ0n) is 13.5. The zero-order valence-corrected chi connectivity index (χ0v) is 13.5. The standard InChI is InChI=1S/C18H14FNO6/c19-15-7-13-9-24-11-26-18(13)14(8-15)10-25-17(21)6-3-12-1-4-16(5-2-12)20(22)23/h1-8H,9-11H2/b6-3+. The highest BCUT2D eigenvalue weighted by Gasteiger charge is 2.17. The Balaban J connectivity index is 1.62. The number of ether oxygens (including phenoxy) is 3. The quantitative estimate of drug-likeness (QED) is 0.352. The lowest BCUT2D eigenvalue weighted by molar-refractivity contribution is -0.384. The highest BCUT2D eigenvalue weighted by atomic mass is 19.1. The van der Waals surface area contributed by atoms with Crippen molar-refractivity contribution in [1.82, 2.24) is 0 Å². The predicted octanol–water partition coefficient (Wildman–Crippen LogP) is 3.36. The Morgan fingerprint density at radius 1 is 1.31 bits per heavy atom. The van der Waals surface area contributed by atoms with E-state index in [-0.39, 0.29) is 25.7 Å². The lowest BCUT2D eigenvalue weighted by Crippen LogP contribution is -2.14. The van der Waals surface area contributed by atoms with Gasteiger partial charge in [-0.3, -0.25) is 10.1 Å². The molecule has 1 aliphatic heterocycles. The molecular formula is C18H14FNO6. The van der Waals surface area contributed by atoms with Gasteiger partial charge < -0.3 is 14.2 Å². The van der Waals surface area contributed by atoms with E-state index in [1.165, 1.54) is 48.6 Å². The van der Waals surface area contributed by atoms with Crippen molar-refractivity contribution in [2.24, 2.45) is 0 Å². The van der Waals surface area contributed by atoms with E-state index in [9.17, 15) is 19.3 Å². The summed E-state index contributed by atoms with van der Waals surface area (Å²) in [6, 6.07) is 8.26. The Morgan fingerprint density at radius 3 is 2.81 bits per heavy atom. The fraction of sp³-hybridized carbons (Fsp3) is 0.167. The number of fused-ring (bicyclic) bond motifs is 1. The molecule has 1 heterocycles. The van der Waals surface area contributed by atoms with Gasteiger partial charge in [-0.1, -0.05) is 0 Å². The summed E-state index contributed by atoms with van der Waals surface area (Å²) in [7, 11) is 0. The second-order valence-corrected chi connectivity index (χ2v) is 5.45. The molecule has 0 saturated carbocycles. The third kappa shape index (κ3) is 4.22. The van der Waals surface area contributed by atoms with Gasteiger partial charge in [0.15, 0.2) is 6.79 Å². The molecule has 2 aromatic carbocycles. The lowest BCUT2D eigenvalue weighted by Gasteiger charge is -2.20. The lowest BCUT2D eigenvalue weighted by atomic mass is 10.1. The molecule has 2 aromatic rings. The van der Waals surface area contributed by atoms with E-state index in [1.54, 1.807) is 0 Å². The van der Waals surface area contributed by atoms with Crippen molar-refractivity contribution in [1.29, 1.82) is 0 Å². The Hall–Kier alpha value is -3.26. The maximum atomic E-state index is 13.6. The topological polar surface area (TPSA) is 87.9 Å². The zero-order chi connectivity index (χ0) is 18.5. The van der Waals surface area contributed by atoms with Crippen LogP contribution in [-0.2, 0) is 27.5 Å². The predicted molar refractivity (Wildman–Crippen MR) is 88.6 cm³/mol. The van der Waals surface area contributed by atoms with Crippen molar-refractivity contribution < 1.29 is 28.3 Å². The van der Waals surface area contributed by atoms with Crippen molar-refractivity contribution in [2.45, 2.75) is 13.2 Å². The first kappa shape index (κ1) is 17.6. The van der Waals surface area contributed by atoms with Crippen molar-refractivity contribution >= 4 is 17.7 Å². The van der Waals surface area contributed by atoms with E-state index in [1.807, 2.05) is 0 Å². The molecule has 0 saturated heterocycles. The number of non-ortho nitro benzene ring substituents is 1. The molecule has 0 aromatic heterocycles. The van der Waals surface area contributed by atoms with Crippen molar-refractivity contribution in [2.75, 3.05) is 6.79 Å². The van der Waals surface area contributed by atoms with Gasteiger partial charge in [0, 0.05) is 29.3 Å². The van der Waals surface area contributed by atoms with E-state index >= 15 is 0 Å². The summed E-state index contributed by atoms with van der Waals surface area (Å²) in [5.74, 6) is -0.636. The maximum absolute atomic E-state index is 13.6. The van der Waals surface area contributed by atoms with Gasteiger partial charge in [0.05, 0.1) is 11.5 Å². The fourth-order valence-corrected chi connectivity index (χ4v) is 2.43. The molecule has 0 spiro atoms. The normalized spacial score (nSPS) is 13.1. The fourth-order valence-electron chi connectivity index (χ4n) is 2.43. The molecule has 134 valence electrons. The van der Waals surface area contributed by atoms with E-state index < -0.39 is 16.7 Å². The molecule has 0 atom stereocenters. The van der Waals surface area contributed by atoms with Crippen LogP contribution in [0.15, 0.2) is 42.5 Å². The van der Waals surface area contributed by atoms with Crippen LogP contribution in [0, 0.1) is 15.9 Å². The van der Waals surface area contributed by atoms with Gasteiger partial charge in [0.1, 0.15) is 18.2 Å². The summed E-state index contributed by atoms with van der Waals surface area (Å²) < 4.78 is 29.2. The molecule has 8 heteroatoms. The first-order valence-corrected chi connectivity index (χ1v) is 7.64. The van der Waals surface area contributed by atoms with E-state index in [4.69, 9.17) is 14.2 Å². The van der Waals surface area contributed by atoms with Crippen LogP contribution in [0.25, 0.3) is 6.08 Å². The van der Waals surface area contributed by atoms with Gasteiger partial charge >= 0.3 is 5.97 Å². The average Bonchev–Trinajstić information content (AvgIpc) is 2.64. The summed E-state index contributed by atoms with van der Waals surface area (Å²) in [4.78, 5) is 21.9.